The molecule has 4 aliphatic carbocycles. The molecule has 196 valence electrons. The number of nitrogens with zero attached hydrogens (tertiary/aromatic N) is 1. The maximum Gasteiger partial charge on any atom is 0.397 e. The molecule has 6 nitrogen and oxygen atoms in total. The Morgan fingerprint density at radius 2 is 1.71 bits per heavy atom. The molecule has 0 heterocycles. The molecule has 0 aromatic rings. The Morgan fingerprint density at radius 3 is 2.35 bits per heavy atom. The average molecular weight is 498 g/mol. The van der Waals surface area contributed by atoms with Crippen molar-refractivity contribution in [1.82, 2.24) is 0 Å². The summed E-state index contributed by atoms with van der Waals surface area (Å²) >= 11 is 0. The summed E-state index contributed by atoms with van der Waals surface area (Å²) in [6, 6.07) is 0. The van der Waals surface area contributed by atoms with Gasteiger partial charge in [0.1, 0.15) is 0 Å². The first-order valence-corrected chi connectivity index (χ1v) is 15.1. The van der Waals surface area contributed by atoms with Gasteiger partial charge in [-0.05, 0) is 97.7 Å². The van der Waals surface area contributed by atoms with Gasteiger partial charge >= 0.3 is 10.4 Å². The van der Waals surface area contributed by atoms with E-state index in [1.807, 2.05) is 0 Å². The molecule has 0 saturated heterocycles. The van der Waals surface area contributed by atoms with Crippen LogP contribution in [0, 0.1) is 52.3 Å². The van der Waals surface area contributed by atoms with Gasteiger partial charge in [0, 0.05) is 5.92 Å². The minimum absolute atomic E-state index is 0.00808. The summed E-state index contributed by atoms with van der Waals surface area (Å²) in [5.41, 5.74) is 1.18. The van der Waals surface area contributed by atoms with Crippen molar-refractivity contribution >= 4 is 16.1 Å². The second kappa shape index (κ2) is 9.66. The van der Waals surface area contributed by atoms with Crippen LogP contribution in [-0.4, -0.2) is 30.0 Å². The van der Waals surface area contributed by atoms with Crippen molar-refractivity contribution < 1.29 is 22.4 Å². The van der Waals surface area contributed by atoms with Crippen LogP contribution in [0.3, 0.4) is 0 Å². The lowest BCUT2D eigenvalue weighted by atomic mass is 9.44. The summed E-state index contributed by atoms with van der Waals surface area (Å²) < 4.78 is 36.8. The van der Waals surface area contributed by atoms with E-state index in [1.165, 1.54) is 44.9 Å². The van der Waals surface area contributed by atoms with Gasteiger partial charge in [-0.25, -0.2) is 4.18 Å². The Balaban J connectivity index is 1.52. The molecule has 0 spiro atoms. The van der Waals surface area contributed by atoms with Gasteiger partial charge in [-0.1, -0.05) is 59.0 Å². The highest BCUT2D eigenvalue weighted by atomic mass is 32.3. The zero-order chi connectivity index (χ0) is 24.9. The molecule has 4 aliphatic rings. The van der Waals surface area contributed by atoms with E-state index in [0.29, 0.717) is 36.0 Å². The molecule has 0 amide bonds. The fraction of sp³-hybridized carbons (Fsp3) is 0.963. The summed E-state index contributed by atoms with van der Waals surface area (Å²) in [5, 5.41) is 13.8. The predicted octanol–water partition coefficient (Wildman–Crippen LogP) is 6.74. The SMILES string of the molecule is CC(C)CCC[C@@H](C)[C@H]1CC[C@H]2[C@@H]3C/C(=N/O)C4C[C@@H](OS(=O)(=O)O)CC[C@]4(C)[C@H]3CC[C@]12C. The van der Waals surface area contributed by atoms with Gasteiger partial charge < -0.3 is 5.21 Å². The summed E-state index contributed by atoms with van der Waals surface area (Å²) in [7, 11) is -4.48. The van der Waals surface area contributed by atoms with Crippen LogP contribution in [0.5, 0.6) is 0 Å². The molecule has 4 rings (SSSR count). The molecule has 1 unspecified atom stereocenters. The molecule has 0 radical (unpaired) electrons. The number of hydrogen-bond acceptors (Lipinski definition) is 5. The van der Waals surface area contributed by atoms with Crippen LogP contribution in [0.1, 0.15) is 105 Å². The fourth-order valence-electron chi connectivity index (χ4n) is 9.43. The van der Waals surface area contributed by atoms with Crippen LogP contribution < -0.4 is 0 Å². The van der Waals surface area contributed by atoms with Crippen LogP contribution in [-0.2, 0) is 14.6 Å². The first kappa shape index (κ1) is 26.4. The van der Waals surface area contributed by atoms with Gasteiger partial charge in [0.15, 0.2) is 0 Å². The van der Waals surface area contributed by atoms with Crippen LogP contribution in [0.25, 0.3) is 0 Å². The number of hydrogen-bond donors (Lipinski definition) is 2. The molecule has 34 heavy (non-hydrogen) atoms. The smallest absolute Gasteiger partial charge is 0.397 e. The highest BCUT2D eigenvalue weighted by Gasteiger charge is 2.62. The van der Waals surface area contributed by atoms with Crippen LogP contribution >= 0.6 is 0 Å². The topological polar surface area (TPSA) is 96.2 Å². The minimum atomic E-state index is -4.48. The lowest BCUT2D eigenvalue weighted by Gasteiger charge is -2.61. The first-order chi connectivity index (χ1) is 15.9. The van der Waals surface area contributed by atoms with Gasteiger partial charge in [0.2, 0.25) is 0 Å². The summed E-state index contributed by atoms with van der Waals surface area (Å²) in [6.45, 7) is 12.0. The van der Waals surface area contributed by atoms with E-state index in [1.54, 1.807) is 0 Å². The maximum atomic E-state index is 11.3. The molecule has 9 atom stereocenters. The summed E-state index contributed by atoms with van der Waals surface area (Å²) in [4.78, 5) is 0. The first-order valence-electron chi connectivity index (χ1n) is 13.8. The molecular formula is C27H47NO5S. The molecule has 0 aromatic carbocycles. The second-order valence-corrected chi connectivity index (χ2v) is 14.2. The molecule has 7 heteroatoms. The molecule has 0 aromatic heterocycles. The van der Waals surface area contributed by atoms with Crippen LogP contribution in [0.2, 0.25) is 0 Å². The summed E-state index contributed by atoms with van der Waals surface area (Å²) in [5.74, 6) is 4.11. The molecular weight excluding hydrogens is 450 g/mol. The summed E-state index contributed by atoms with van der Waals surface area (Å²) in [6.07, 6.45) is 11.3. The Kier molecular flexibility index (Phi) is 7.50. The second-order valence-electron chi connectivity index (χ2n) is 13.2. The number of rotatable bonds is 7. The van der Waals surface area contributed by atoms with Crippen molar-refractivity contribution in [2.45, 2.75) is 111 Å². The fourth-order valence-corrected chi connectivity index (χ4v) is 9.94. The Bertz CT molecular complexity index is 872. The van der Waals surface area contributed by atoms with E-state index < -0.39 is 16.5 Å². The van der Waals surface area contributed by atoms with E-state index in [0.717, 1.165) is 36.3 Å². The standard InChI is InChI=1S/C27H47NO5S/c1-17(2)7-6-8-18(3)21-9-10-22-20-16-25(28-29)24-15-19(33-34(30,31)32)11-13-27(24,5)23(20)12-14-26(21,22)4/h17-24,29H,6-16H2,1-5H3,(H,30,31,32)/b28-25-/t18-,19+,20+,21-,22+,23+,24?,26-,27-/m1/s1. The maximum absolute atomic E-state index is 11.3. The average Bonchev–Trinajstić information content (AvgIpc) is 3.09. The van der Waals surface area contributed by atoms with Crippen molar-refractivity contribution in [3.05, 3.63) is 0 Å². The monoisotopic (exact) mass is 497 g/mol. The van der Waals surface area contributed by atoms with Crippen molar-refractivity contribution in [2.24, 2.45) is 57.4 Å². The predicted molar refractivity (Wildman–Crippen MR) is 134 cm³/mol. The Morgan fingerprint density at radius 1 is 1.03 bits per heavy atom. The van der Waals surface area contributed by atoms with Crippen molar-refractivity contribution in [1.29, 1.82) is 0 Å². The lowest BCUT2D eigenvalue weighted by molar-refractivity contribution is -0.0923. The van der Waals surface area contributed by atoms with E-state index >= 15 is 0 Å². The minimum Gasteiger partial charge on any atom is -0.411 e. The lowest BCUT2D eigenvalue weighted by Crippen LogP contribution is -2.57. The Labute approximate surface area is 207 Å². The van der Waals surface area contributed by atoms with Crippen molar-refractivity contribution in [3.63, 3.8) is 0 Å². The van der Waals surface area contributed by atoms with Gasteiger partial charge in [-0.3, -0.25) is 4.55 Å². The van der Waals surface area contributed by atoms with E-state index in [2.05, 4.69) is 39.8 Å². The van der Waals surface area contributed by atoms with Gasteiger partial charge in [-0.15, -0.1) is 0 Å². The van der Waals surface area contributed by atoms with Gasteiger partial charge in [-0.2, -0.15) is 8.42 Å². The van der Waals surface area contributed by atoms with Crippen LogP contribution in [0.15, 0.2) is 5.16 Å². The quantitative estimate of drug-likeness (QED) is 0.231. The normalized spacial score (nSPS) is 44.5. The molecule has 4 fully saturated rings. The van der Waals surface area contributed by atoms with Gasteiger partial charge in [0.25, 0.3) is 0 Å². The molecule has 0 aliphatic heterocycles. The highest BCUT2D eigenvalue weighted by molar-refractivity contribution is 7.80. The highest BCUT2D eigenvalue weighted by Crippen LogP contribution is 2.68. The molecule has 2 N–H and O–H groups in total. The molecule has 0 bridgehead atoms. The number of oxime groups is 1. The zero-order valence-corrected chi connectivity index (χ0v) is 22.7. The third kappa shape index (κ3) is 4.82. The van der Waals surface area contributed by atoms with E-state index in [-0.39, 0.29) is 11.3 Å². The number of fused-ring (bicyclic) bond motifs is 5. The van der Waals surface area contributed by atoms with Crippen molar-refractivity contribution in [3.8, 4) is 0 Å². The van der Waals surface area contributed by atoms with Crippen LogP contribution in [0.4, 0.5) is 0 Å². The Hall–Kier alpha value is -0.660. The zero-order valence-electron chi connectivity index (χ0n) is 21.9. The van der Waals surface area contributed by atoms with E-state index in [9.17, 15) is 18.2 Å². The third-order valence-corrected chi connectivity index (χ3v) is 11.5. The third-order valence-electron chi connectivity index (χ3n) is 11.0. The van der Waals surface area contributed by atoms with Gasteiger partial charge in [0.05, 0.1) is 11.8 Å². The largest absolute Gasteiger partial charge is 0.411 e. The molecule has 4 saturated carbocycles. The van der Waals surface area contributed by atoms with E-state index in [4.69, 9.17) is 4.18 Å². The van der Waals surface area contributed by atoms with Crippen molar-refractivity contribution in [2.75, 3.05) is 0 Å².